The highest BCUT2D eigenvalue weighted by Crippen LogP contribution is 2.25. The van der Waals surface area contributed by atoms with E-state index in [2.05, 4.69) is 5.32 Å². The molecule has 0 bridgehead atoms. The summed E-state index contributed by atoms with van der Waals surface area (Å²) in [6.07, 6.45) is 0.610. The fraction of sp³-hybridized carbons (Fsp3) is 0.240. The molecule has 1 atom stereocenters. The van der Waals surface area contributed by atoms with E-state index >= 15 is 0 Å². The van der Waals surface area contributed by atoms with Gasteiger partial charge in [-0.1, -0.05) is 36.8 Å². The third-order valence-corrected chi connectivity index (χ3v) is 7.06. The second-order valence-corrected chi connectivity index (χ2v) is 9.46. The van der Waals surface area contributed by atoms with Gasteiger partial charge < -0.3 is 10.1 Å². The van der Waals surface area contributed by atoms with Gasteiger partial charge in [-0.3, -0.25) is 9.10 Å². The van der Waals surface area contributed by atoms with Gasteiger partial charge in [0, 0.05) is 0 Å². The molecule has 3 rings (SSSR count). The molecular weight excluding hydrogens is 443 g/mol. The van der Waals surface area contributed by atoms with E-state index in [1.807, 2.05) is 26.0 Å². The smallest absolute Gasteiger partial charge is 0.264 e. The number of anilines is 1. The Hall–Kier alpha value is -3.39. The molecule has 0 fully saturated rings. The summed E-state index contributed by atoms with van der Waals surface area (Å²) in [5.41, 5.74) is 1.98. The number of rotatable bonds is 9. The van der Waals surface area contributed by atoms with Crippen molar-refractivity contribution in [1.29, 1.82) is 0 Å². The maximum Gasteiger partial charge on any atom is 0.264 e. The van der Waals surface area contributed by atoms with Gasteiger partial charge in [0.05, 0.1) is 23.7 Å². The van der Waals surface area contributed by atoms with Crippen LogP contribution in [0, 0.1) is 12.7 Å². The van der Waals surface area contributed by atoms with E-state index in [4.69, 9.17) is 4.74 Å². The number of nitrogens with zero attached hydrogens (tertiary/aromatic N) is 1. The van der Waals surface area contributed by atoms with Gasteiger partial charge in [0.1, 0.15) is 18.1 Å². The SMILES string of the molecule is CC[C@H](NC(=O)CN(c1ccc(F)cc1)S(=O)(=O)c1ccc(C)cc1)c1ccc(OC)cc1. The van der Waals surface area contributed by atoms with Crippen molar-refractivity contribution in [2.45, 2.75) is 31.2 Å². The molecule has 0 radical (unpaired) electrons. The molecule has 1 N–H and O–H groups in total. The van der Waals surface area contributed by atoms with Crippen LogP contribution >= 0.6 is 0 Å². The van der Waals surface area contributed by atoms with E-state index in [1.54, 1.807) is 31.4 Å². The fourth-order valence-corrected chi connectivity index (χ4v) is 4.81. The van der Waals surface area contributed by atoms with E-state index in [0.717, 1.165) is 27.6 Å². The Morgan fingerprint density at radius 2 is 1.61 bits per heavy atom. The minimum Gasteiger partial charge on any atom is -0.497 e. The van der Waals surface area contributed by atoms with E-state index in [0.29, 0.717) is 12.2 Å². The largest absolute Gasteiger partial charge is 0.497 e. The minimum atomic E-state index is -4.06. The Morgan fingerprint density at radius 1 is 1.00 bits per heavy atom. The number of aryl methyl sites for hydroxylation is 1. The van der Waals surface area contributed by atoms with Crippen LogP contribution in [0.4, 0.5) is 10.1 Å². The van der Waals surface area contributed by atoms with E-state index in [9.17, 15) is 17.6 Å². The monoisotopic (exact) mass is 470 g/mol. The number of carbonyl (C=O) groups excluding carboxylic acids is 1. The topological polar surface area (TPSA) is 75.7 Å². The summed E-state index contributed by atoms with van der Waals surface area (Å²) in [7, 11) is -2.49. The Balaban J connectivity index is 1.88. The third kappa shape index (κ3) is 5.90. The molecule has 0 saturated heterocycles. The van der Waals surface area contributed by atoms with Crippen molar-refractivity contribution in [1.82, 2.24) is 5.32 Å². The maximum absolute atomic E-state index is 13.5. The van der Waals surface area contributed by atoms with E-state index in [1.165, 1.54) is 24.3 Å². The van der Waals surface area contributed by atoms with E-state index in [-0.39, 0.29) is 16.6 Å². The van der Waals surface area contributed by atoms with Gasteiger partial charge in [-0.2, -0.15) is 0 Å². The number of amides is 1. The number of ether oxygens (including phenoxy) is 1. The number of methoxy groups -OCH3 is 1. The molecule has 0 spiro atoms. The summed E-state index contributed by atoms with van der Waals surface area (Å²) in [4.78, 5) is 13.0. The van der Waals surface area contributed by atoms with Gasteiger partial charge in [0.2, 0.25) is 5.91 Å². The first-order valence-corrected chi connectivity index (χ1v) is 12.0. The zero-order chi connectivity index (χ0) is 24.0. The molecule has 0 heterocycles. The normalized spacial score (nSPS) is 12.1. The Morgan fingerprint density at radius 3 is 2.15 bits per heavy atom. The molecule has 0 aromatic heterocycles. The molecule has 0 unspecified atom stereocenters. The molecule has 174 valence electrons. The Bertz CT molecular complexity index is 1180. The molecule has 0 aliphatic heterocycles. The molecule has 3 aromatic carbocycles. The van der Waals surface area contributed by atoms with Crippen LogP contribution in [0.1, 0.15) is 30.5 Å². The van der Waals surface area contributed by atoms with Gasteiger partial charge >= 0.3 is 0 Å². The molecule has 33 heavy (non-hydrogen) atoms. The summed E-state index contributed by atoms with van der Waals surface area (Å²) in [5.74, 6) is -0.272. The van der Waals surface area contributed by atoms with Gasteiger partial charge in [0.25, 0.3) is 10.0 Å². The average Bonchev–Trinajstić information content (AvgIpc) is 2.82. The molecule has 1 amide bonds. The van der Waals surface area contributed by atoms with Crippen molar-refractivity contribution in [3.05, 3.63) is 89.7 Å². The zero-order valence-corrected chi connectivity index (χ0v) is 19.6. The third-order valence-electron chi connectivity index (χ3n) is 5.27. The minimum absolute atomic E-state index is 0.0485. The maximum atomic E-state index is 13.5. The van der Waals surface area contributed by atoms with Crippen molar-refractivity contribution in [2.75, 3.05) is 18.0 Å². The first-order chi connectivity index (χ1) is 15.7. The quantitative estimate of drug-likeness (QED) is 0.496. The summed E-state index contributed by atoms with van der Waals surface area (Å²) < 4.78 is 46.4. The van der Waals surface area contributed by atoms with Crippen LogP contribution < -0.4 is 14.4 Å². The molecule has 0 saturated carbocycles. The highest BCUT2D eigenvalue weighted by molar-refractivity contribution is 7.92. The van der Waals surface area contributed by atoms with Crippen LogP contribution in [0.15, 0.2) is 77.7 Å². The van der Waals surface area contributed by atoms with Crippen molar-refractivity contribution in [3.63, 3.8) is 0 Å². The number of benzene rings is 3. The molecule has 6 nitrogen and oxygen atoms in total. The lowest BCUT2D eigenvalue weighted by molar-refractivity contribution is -0.120. The Kier molecular flexibility index (Phi) is 7.71. The predicted molar refractivity (Wildman–Crippen MR) is 126 cm³/mol. The van der Waals surface area contributed by atoms with Gasteiger partial charge in [-0.15, -0.1) is 0 Å². The highest BCUT2D eigenvalue weighted by Gasteiger charge is 2.28. The molecule has 3 aromatic rings. The van der Waals surface area contributed by atoms with Crippen LogP contribution in [0.5, 0.6) is 5.75 Å². The first-order valence-electron chi connectivity index (χ1n) is 10.5. The second kappa shape index (κ2) is 10.5. The van der Waals surface area contributed by atoms with Crippen LogP contribution in [0.25, 0.3) is 0 Å². The van der Waals surface area contributed by atoms with Crippen molar-refractivity contribution in [2.24, 2.45) is 0 Å². The lowest BCUT2D eigenvalue weighted by atomic mass is 10.0. The average molecular weight is 471 g/mol. The summed E-state index contributed by atoms with van der Waals surface area (Å²) in [6, 6.07) is 18.4. The Labute approximate surface area is 194 Å². The molecule has 0 aliphatic rings. The first kappa shape index (κ1) is 24.3. The molecule has 0 aliphatic carbocycles. The fourth-order valence-electron chi connectivity index (χ4n) is 3.39. The van der Waals surface area contributed by atoms with Crippen molar-refractivity contribution in [3.8, 4) is 5.75 Å². The van der Waals surface area contributed by atoms with Crippen LogP contribution in [-0.4, -0.2) is 28.0 Å². The number of hydrogen-bond acceptors (Lipinski definition) is 4. The summed E-state index contributed by atoms with van der Waals surface area (Å²) in [6.45, 7) is 3.33. The number of sulfonamides is 1. The van der Waals surface area contributed by atoms with Crippen LogP contribution in [0.2, 0.25) is 0 Å². The molecular formula is C25H27FN2O4S. The second-order valence-electron chi connectivity index (χ2n) is 7.60. The lowest BCUT2D eigenvalue weighted by Crippen LogP contribution is -2.42. The summed E-state index contributed by atoms with van der Waals surface area (Å²) in [5, 5.41) is 2.90. The number of carbonyl (C=O) groups is 1. The predicted octanol–water partition coefficient (Wildman–Crippen LogP) is 4.61. The number of nitrogens with one attached hydrogen (secondary N) is 1. The number of hydrogen-bond donors (Lipinski definition) is 1. The van der Waals surface area contributed by atoms with Crippen molar-refractivity contribution >= 4 is 21.6 Å². The zero-order valence-electron chi connectivity index (χ0n) is 18.8. The standard InChI is InChI=1S/C25H27FN2O4S/c1-4-24(19-7-13-22(32-3)14-8-19)27-25(29)17-28(21-11-9-20(26)10-12-21)33(30,31)23-15-5-18(2)6-16-23/h5-16,24H,4,17H2,1-3H3,(H,27,29)/t24-/m0/s1. The van der Waals surface area contributed by atoms with E-state index < -0.39 is 28.3 Å². The van der Waals surface area contributed by atoms with Gasteiger partial charge in [-0.25, -0.2) is 12.8 Å². The van der Waals surface area contributed by atoms with Crippen molar-refractivity contribution < 1.29 is 22.3 Å². The number of halogens is 1. The molecule has 8 heteroatoms. The lowest BCUT2D eigenvalue weighted by Gasteiger charge is -2.26. The van der Waals surface area contributed by atoms with Crippen LogP contribution in [-0.2, 0) is 14.8 Å². The van der Waals surface area contributed by atoms with Gasteiger partial charge in [-0.05, 0) is 67.4 Å². The van der Waals surface area contributed by atoms with Crippen LogP contribution in [0.3, 0.4) is 0 Å². The van der Waals surface area contributed by atoms with Gasteiger partial charge in [0.15, 0.2) is 0 Å². The highest BCUT2D eigenvalue weighted by atomic mass is 32.2. The summed E-state index contributed by atoms with van der Waals surface area (Å²) >= 11 is 0.